The Bertz CT molecular complexity index is 334. The Morgan fingerprint density at radius 2 is 1.53 bits per heavy atom. The Hall–Kier alpha value is -1.19. The highest BCUT2D eigenvalue weighted by atomic mass is 16.5. The number of carbonyl (C=O) groups excluding carboxylic acids is 1. The van der Waals surface area contributed by atoms with Crippen molar-refractivity contribution in [3.05, 3.63) is 36.4 Å². The smallest absolute Gasteiger partial charge is 0.149 e. The van der Waals surface area contributed by atoms with Crippen molar-refractivity contribution < 1.29 is 9.53 Å². The van der Waals surface area contributed by atoms with Crippen LogP contribution in [0.3, 0.4) is 0 Å². The maximum Gasteiger partial charge on any atom is 0.149 e. The average molecular weight is 261 g/mol. The molecule has 1 unspecified atom stereocenters. The minimum atomic E-state index is 0.220. The first-order valence-electron chi connectivity index (χ1n) is 7.22. The van der Waals surface area contributed by atoms with Gasteiger partial charge in [-0.25, -0.2) is 0 Å². The van der Waals surface area contributed by atoms with Crippen LogP contribution in [0.15, 0.2) is 36.4 Å². The van der Waals surface area contributed by atoms with Crippen molar-refractivity contribution in [3.63, 3.8) is 0 Å². The van der Waals surface area contributed by atoms with Crippen LogP contribution in [0.25, 0.3) is 0 Å². The van der Waals surface area contributed by atoms with E-state index >= 15 is 0 Å². The van der Waals surface area contributed by atoms with Crippen LogP contribution in [0, 0.1) is 0 Å². The van der Waals surface area contributed by atoms with Gasteiger partial charge in [-0.1, -0.05) is 42.8 Å². The maximum atomic E-state index is 11.6. The van der Waals surface area contributed by atoms with E-state index in [4.69, 9.17) is 4.74 Å². The fourth-order valence-corrected chi connectivity index (χ4v) is 2.62. The zero-order valence-electron chi connectivity index (χ0n) is 11.5. The van der Waals surface area contributed by atoms with Crippen molar-refractivity contribution in [1.29, 1.82) is 0 Å². The van der Waals surface area contributed by atoms with Crippen LogP contribution in [0.2, 0.25) is 0 Å². The fraction of sp³-hybridized carbons (Fsp3) is 0.562. The molecule has 0 N–H and O–H groups in total. The Morgan fingerprint density at radius 3 is 2.05 bits per heavy atom. The lowest BCUT2D eigenvalue weighted by Crippen LogP contribution is -2.48. The molecule has 1 heterocycles. The molecule has 2 fully saturated rings. The lowest BCUT2D eigenvalue weighted by molar-refractivity contribution is -0.128. The number of benzene rings is 1. The molecule has 3 rings (SSSR count). The number of ketones is 1. The molecule has 1 aromatic carbocycles. The van der Waals surface area contributed by atoms with Gasteiger partial charge in [-0.05, 0) is 12.8 Å². The van der Waals surface area contributed by atoms with Crippen LogP contribution in [0.1, 0.15) is 25.7 Å². The molecule has 3 nitrogen and oxygen atoms in total. The quantitative estimate of drug-likeness (QED) is 0.778. The number of carbonyl (C=O) groups is 1. The molecule has 104 valence electrons. The summed E-state index contributed by atoms with van der Waals surface area (Å²) in [6.07, 6.45) is 4.17. The Kier molecular flexibility index (Phi) is 6.05. The topological polar surface area (TPSA) is 29.5 Å². The van der Waals surface area contributed by atoms with Crippen molar-refractivity contribution >= 4 is 5.78 Å². The molecule has 1 aliphatic heterocycles. The van der Waals surface area contributed by atoms with Gasteiger partial charge in [0.2, 0.25) is 0 Å². The highest BCUT2D eigenvalue weighted by Gasteiger charge is 2.28. The summed E-state index contributed by atoms with van der Waals surface area (Å²) in [5, 5.41) is 0. The lowest BCUT2D eigenvalue weighted by atomic mass is 9.93. The van der Waals surface area contributed by atoms with Gasteiger partial charge in [-0.15, -0.1) is 0 Å². The molecular weight excluding hydrogens is 238 g/mol. The van der Waals surface area contributed by atoms with E-state index in [9.17, 15) is 4.79 Å². The predicted octanol–water partition coefficient (Wildman–Crippen LogP) is 2.52. The summed E-state index contributed by atoms with van der Waals surface area (Å²) in [5.41, 5.74) is 0. The highest BCUT2D eigenvalue weighted by molar-refractivity contribution is 5.84. The number of Topliss-reactive ketones (excluding diaryl/α,β-unsaturated/α-hetero) is 1. The van der Waals surface area contributed by atoms with Gasteiger partial charge in [0.25, 0.3) is 0 Å². The van der Waals surface area contributed by atoms with Gasteiger partial charge in [0, 0.05) is 19.5 Å². The van der Waals surface area contributed by atoms with Crippen LogP contribution < -0.4 is 0 Å². The molecule has 0 amide bonds. The first-order valence-corrected chi connectivity index (χ1v) is 7.22. The van der Waals surface area contributed by atoms with Gasteiger partial charge < -0.3 is 4.74 Å². The minimum Gasteiger partial charge on any atom is -0.379 e. The Morgan fingerprint density at radius 1 is 0.947 bits per heavy atom. The molecule has 1 atom stereocenters. The number of ether oxygens (including phenoxy) is 1. The number of rotatable bonds is 1. The second kappa shape index (κ2) is 8.08. The van der Waals surface area contributed by atoms with Gasteiger partial charge in [0.15, 0.2) is 0 Å². The van der Waals surface area contributed by atoms with E-state index in [0.717, 1.165) is 45.6 Å². The Balaban J connectivity index is 0.000000186. The van der Waals surface area contributed by atoms with Crippen LogP contribution in [-0.4, -0.2) is 43.0 Å². The van der Waals surface area contributed by atoms with Gasteiger partial charge in [-0.2, -0.15) is 0 Å². The van der Waals surface area contributed by atoms with E-state index in [0.29, 0.717) is 5.78 Å². The van der Waals surface area contributed by atoms with E-state index < -0.39 is 0 Å². The first-order chi connectivity index (χ1) is 9.38. The molecule has 1 saturated carbocycles. The van der Waals surface area contributed by atoms with Crippen molar-refractivity contribution in [2.45, 2.75) is 31.7 Å². The molecule has 2 aliphatic rings. The summed E-state index contributed by atoms with van der Waals surface area (Å²) in [6.45, 7) is 3.47. The van der Waals surface area contributed by atoms with Gasteiger partial charge >= 0.3 is 0 Å². The third-order valence-corrected chi connectivity index (χ3v) is 3.68. The standard InChI is InChI=1S/C10H17NO2.C6H6/c12-10-4-2-1-3-9(10)11-5-7-13-8-6-11;1-2-4-6-5-3-1/h9H,1-8H2;1-6H. The van der Waals surface area contributed by atoms with Crippen LogP contribution in [0.5, 0.6) is 0 Å². The average Bonchev–Trinajstić information content (AvgIpc) is 2.51. The normalized spacial score (nSPS) is 24.4. The maximum absolute atomic E-state index is 11.6. The van der Waals surface area contributed by atoms with Crippen molar-refractivity contribution in [3.8, 4) is 0 Å². The van der Waals surface area contributed by atoms with E-state index in [1.807, 2.05) is 36.4 Å². The third kappa shape index (κ3) is 4.77. The molecular formula is C16H23NO2. The summed E-state index contributed by atoms with van der Waals surface area (Å²) < 4.78 is 5.27. The number of morpholine rings is 1. The van der Waals surface area contributed by atoms with E-state index in [1.54, 1.807) is 0 Å². The molecule has 1 saturated heterocycles. The zero-order chi connectivity index (χ0) is 13.3. The Labute approximate surface area is 115 Å². The minimum absolute atomic E-state index is 0.220. The monoisotopic (exact) mass is 261 g/mol. The number of nitrogens with zero attached hydrogens (tertiary/aromatic N) is 1. The second-order valence-electron chi connectivity index (χ2n) is 5.03. The lowest BCUT2D eigenvalue weighted by Gasteiger charge is -2.35. The fourth-order valence-electron chi connectivity index (χ4n) is 2.62. The third-order valence-electron chi connectivity index (χ3n) is 3.68. The predicted molar refractivity (Wildman–Crippen MR) is 76.1 cm³/mol. The van der Waals surface area contributed by atoms with Gasteiger partial charge in [0.1, 0.15) is 5.78 Å². The summed E-state index contributed by atoms with van der Waals surface area (Å²) in [7, 11) is 0. The van der Waals surface area contributed by atoms with E-state index in [1.165, 1.54) is 6.42 Å². The SMILES string of the molecule is O=C1CCCCC1N1CCOCC1.c1ccccc1. The zero-order valence-corrected chi connectivity index (χ0v) is 11.5. The van der Waals surface area contributed by atoms with Crippen molar-refractivity contribution in [2.75, 3.05) is 26.3 Å². The first kappa shape index (κ1) is 14.2. The van der Waals surface area contributed by atoms with E-state index in [-0.39, 0.29) is 6.04 Å². The van der Waals surface area contributed by atoms with E-state index in [2.05, 4.69) is 4.90 Å². The molecule has 3 heteroatoms. The largest absolute Gasteiger partial charge is 0.379 e. The molecule has 19 heavy (non-hydrogen) atoms. The molecule has 0 radical (unpaired) electrons. The van der Waals surface area contributed by atoms with Gasteiger partial charge in [-0.3, -0.25) is 9.69 Å². The summed E-state index contributed by atoms with van der Waals surface area (Å²) in [4.78, 5) is 13.9. The van der Waals surface area contributed by atoms with Crippen molar-refractivity contribution in [2.24, 2.45) is 0 Å². The number of hydrogen-bond acceptors (Lipinski definition) is 3. The summed E-state index contributed by atoms with van der Waals surface area (Å²) in [6, 6.07) is 12.2. The molecule has 0 spiro atoms. The molecule has 0 aromatic heterocycles. The summed E-state index contributed by atoms with van der Waals surface area (Å²) >= 11 is 0. The summed E-state index contributed by atoms with van der Waals surface area (Å²) in [5.74, 6) is 0.452. The van der Waals surface area contributed by atoms with Crippen LogP contribution in [-0.2, 0) is 9.53 Å². The number of hydrogen-bond donors (Lipinski definition) is 0. The molecule has 1 aliphatic carbocycles. The second-order valence-corrected chi connectivity index (χ2v) is 5.03. The van der Waals surface area contributed by atoms with Gasteiger partial charge in [0.05, 0.1) is 19.3 Å². The molecule has 1 aromatic rings. The molecule has 0 bridgehead atoms. The van der Waals surface area contributed by atoms with Crippen LogP contribution in [0.4, 0.5) is 0 Å². The van der Waals surface area contributed by atoms with Crippen molar-refractivity contribution in [1.82, 2.24) is 4.90 Å². The highest BCUT2D eigenvalue weighted by Crippen LogP contribution is 2.20. The van der Waals surface area contributed by atoms with Crippen LogP contribution >= 0.6 is 0 Å².